The van der Waals surface area contributed by atoms with Crippen LogP contribution in [0.2, 0.25) is 0 Å². The Balaban J connectivity index is 1.93. The lowest BCUT2D eigenvalue weighted by atomic mass is 10.2. The first kappa shape index (κ1) is 20.0. The monoisotopic (exact) mass is 463 g/mol. The second-order valence-corrected chi connectivity index (χ2v) is 12.4. The lowest BCUT2D eigenvalue weighted by Crippen LogP contribution is -2.37. The van der Waals surface area contributed by atoms with Gasteiger partial charge in [-0.15, -0.1) is 0 Å². The minimum atomic E-state index is -2.00. The Morgan fingerprint density at radius 1 is 0.586 bits per heavy atom. The molecule has 0 spiro atoms. The van der Waals surface area contributed by atoms with E-state index in [9.17, 15) is 4.39 Å². The van der Waals surface area contributed by atoms with E-state index in [-0.39, 0.29) is 10.4 Å². The van der Waals surface area contributed by atoms with Gasteiger partial charge in [-0.25, -0.2) is 4.39 Å². The predicted octanol–water partition coefficient (Wildman–Crippen LogP) is 6.08. The molecular formula is C26H22BrFP+. The molecule has 0 amide bonds. The molecule has 0 saturated carbocycles. The van der Waals surface area contributed by atoms with Crippen molar-refractivity contribution in [2.75, 3.05) is 0 Å². The van der Waals surface area contributed by atoms with Crippen LogP contribution < -0.4 is 15.9 Å². The molecule has 0 radical (unpaired) electrons. The first-order chi connectivity index (χ1) is 14.2. The first-order valence-electron chi connectivity index (χ1n) is 9.65. The summed E-state index contributed by atoms with van der Waals surface area (Å²) >= 11 is 4.12. The first-order valence-corrected chi connectivity index (χ1v) is 12.4. The van der Waals surface area contributed by atoms with E-state index in [0.717, 1.165) is 12.0 Å². The van der Waals surface area contributed by atoms with Crippen LogP contribution in [-0.4, -0.2) is 4.57 Å². The molecule has 1 unspecified atom stereocenters. The van der Waals surface area contributed by atoms with Gasteiger partial charge in [-0.1, -0.05) is 66.7 Å². The number of hydrogen-bond acceptors (Lipinski definition) is 0. The number of hydrogen-bond donors (Lipinski definition) is 0. The van der Waals surface area contributed by atoms with Crippen LogP contribution in [0.5, 0.6) is 0 Å². The summed E-state index contributed by atoms with van der Waals surface area (Å²) in [5.74, 6) is -0.199. The molecule has 4 aromatic rings. The molecule has 0 aliphatic heterocycles. The van der Waals surface area contributed by atoms with Crippen molar-refractivity contribution in [1.29, 1.82) is 0 Å². The molecule has 29 heavy (non-hydrogen) atoms. The Labute approximate surface area is 180 Å². The Bertz CT molecular complexity index is 938. The number of alkyl halides is 1. The maximum Gasteiger partial charge on any atom is 0.141 e. The molecule has 0 saturated heterocycles. The SMILES string of the molecule is Fc1ccc(CC(Br)[P+](c2ccccc2)(c2ccccc2)c2ccccc2)cc1. The topological polar surface area (TPSA) is 0 Å². The summed E-state index contributed by atoms with van der Waals surface area (Å²) in [7, 11) is -2.00. The highest BCUT2D eigenvalue weighted by Gasteiger charge is 2.51. The molecule has 0 fully saturated rings. The predicted molar refractivity (Wildman–Crippen MR) is 128 cm³/mol. The fraction of sp³-hybridized carbons (Fsp3) is 0.0769. The molecule has 0 aliphatic rings. The van der Waals surface area contributed by atoms with Gasteiger partial charge in [-0.2, -0.15) is 0 Å². The Morgan fingerprint density at radius 2 is 0.966 bits per heavy atom. The normalized spacial score (nSPS) is 12.5. The lowest BCUT2D eigenvalue weighted by molar-refractivity contribution is 0.627. The van der Waals surface area contributed by atoms with Crippen LogP contribution in [0.3, 0.4) is 0 Å². The summed E-state index contributed by atoms with van der Waals surface area (Å²) < 4.78 is 13.6. The molecule has 0 N–H and O–H groups in total. The second kappa shape index (κ2) is 9.03. The van der Waals surface area contributed by atoms with E-state index in [1.165, 1.54) is 15.9 Å². The van der Waals surface area contributed by atoms with Crippen molar-refractivity contribution in [3.8, 4) is 0 Å². The van der Waals surface area contributed by atoms with E-state index in [2.05, 4.69) is 107 Å². The second-order valence-electron chi connectivity index (χ2n) is 6.99. The molecular weight excluding hydrogens is 442 g/mol. The summed E-state index contributed by atoms with van der Waals surface area (Å²) in [6.45, 7) is 0. The van der Waals surface area contributed by atoms with Crippen molar-refractivity contribution in [2.45, 2.75) is 11.0 Å². The largest absolute Gasteiger partial charge is 0.207 e. The zero-order chi connectivity index (χ0) is 20.1. The van der Waals surface area contributed by atoms with Gasteiger partial charge in [0, 0.05) is 6.42 Å². The summed E-state index contributed by atoms with van der Waals surface area (Å²) in [5, 5.41) is 4.00. The lowest BCUT2D eigenvalue weighted by Gasteiger charge is -2.32. The van der Waals surface area contributed by atoms with Gasteiger partial charge < -0.3 is 0 Å². The average molecular weight is 464 g/mol. The highest BCUT2D eigenvalue weighted by molar-refractivity contribution is 9.11. The highest BCUT2D eigenvalue weighted by atomic mass is 79.9. The van der Waals surface area contributed by atoms with Crippen molar-refractivity contribution < 1.29 is 4.39 Å². The quantitative estimate of drug-likeness (QED) is 0.240. The van der Waals surface area contributed by atoms with Gasteiger partial charge in [0.1, 0.15) is 33.6 Å². The van der Waals surface area contributed by atoms with Crippen LogP contribution in [0.15, 0.2) is 115 Å². The smallest absolute Gasteiger partial charge is 0.141 e. The van der Waals surface area contributed by atoms with Crippen LogP contribution in [0.1, 0.15) is 5.56 Å². The van der Waals surface area contributed by atoms with Crippen LogP contribution in [0.4, 0.5) is 4.39 Å². The van der Waals surface area contributed by atoms with Crippen LogP contribution in [0, 0.1) is 5.82 Å². The third-order valence-corrected chi connectivity index (χ3v) is 11.8. The van der Waals surface area contributed by atoms with E-state index >= 15 is 0 Å². The number of halogens is 2. The van der Waals surface area contributed by atoms with Crippen molar-refractivity contribution in [3.63, 3.8) is 0 Å². The van der Waals surface area contributed by atoms with Crippen molar-refractivity contribution >= 4 is 39.1 Å². The molecule has 0 heterocycles. The van der Waals surface area contributed by atoms with Crippen LogP contribution in [0.25, 0.3) is 0 Å². The average Bonchev–Trinajstić information content (AvgIpc) is 2.78. The highest BCUT2D eigenvalue weighted by Crippen LogP contribution is 2.62. The third kappa shape index (κ3) is 4.06. The molecule has 0 aliphatic carbocycles. The number of benzene rings is 4. The molecule has 3 heteroatoms. The van der Waals surface area contributed by atoms with E-state index < -0.39 is 7.26 Å². The van der Waals surface area contributed by atoms with Gasteiger partial charge in [0.25, 0.3) is 0 Å². The Hall–Kier alpha value is -2.28. The Kier molecular flexibility index (Phi) is 6.23. The zero-order valence-corrected chi connectivity index (χ0v) is 18.4. The van der Waals surface area contributed by atoms with E-state index in [1.54, 1.807) is 12.1 Å². The third-order valence-electron chi connectivity index (χ3n) is 5.23. The molecule has 0 nitrogen and oxygen atoms in total. The number of rotatable bonds is 6. The van der Waals surface area contributed by atoms with Crippen LogP contribution >= 0.6 is 23.2 Å². The standard InChI is InChI=1S/C26H22BrFP/c27-26(20-21-16-18-22(28)19-17-21)29(23-10-4-1-5-11-23,24-12-6-2-7-13-24)25-14-8-3-9-15-25/h1-19,26H,20H2/q+1. The van der Waals surface area contributed by atoms with Crippen LogP contribution in [-0.2, 0) is 6.42 Å². The molecule has 144 valence electrons. The zero-order valence-electron chi connectivity index (χ0n) is 16.0. The van der Waals surface area contributed by atoms with E-state index in [1.807, 2.05) is 12.1 Å². The minimum absolute atomic E-state index is 0.174. The fourth-order valence-corrected chi connectivity index (χ4v) is 10.7. The van der Waals surface area contributed by atoms with E-state index in [4.69, 9.17) is 0 Å². The van der Waals surface area contributed by atoms with E-state index in [0.29, 0.717) is 0 Å². The molecule has 0 aromatic heterocycles. The van der Waals surface area contributed by atoms with Crippen molar-refractivity contribution in [3.05, 3.63) is 127 Å². The molecule has 4 rings (SSSR count). The Morgan fingerprint density at radius 3 is 1.34 bits per heavy atom. The van der Waals surface area contributed by atoms with Gasteiger partial charge >= 0.3 is 0 Å². The molecule has 4 aromatic carbocycles. The molecule has 0 bridgehead atoms. The van der Waals surface area contributed by atoms with Gasteiger partial charge in [0.2, 0.25) is 0 Å². The summed E-state index contributed by atoms with van der Waals surface area (Å²) in [5.41, 5.74) is 1.13. The fourth-order valence-electron chi connectivity index (χ4n) is 3.87. The van der Waals surface area contributed by atoms with Gasteiger partial charge in [-0.3, -0.25) is 0 Å². The van der Waals surface area contributed by atoms with Gasteiger partial charge in [-0.05, 0) is 70.0 Å². The van der Waals surface area contributed by atoms with Crippen molar-refractivity contribution in [1.82, 2.24) is 0 Å². The van der Waals surface area contributed by atoms with Gasteiger partial charge in [0.05, 0.1) is 0 Å². The summed E-state index contributed by atoms with van der Waals surface area (Å²) in [4.78, 5) is 0. The summed E-state index contributed by atoms with van der Waals surface area (Å²) in [6, 6.07) is 39.2. The minimum Gasteiger partial charge on any atom is -0.207 e. The molecule has 1 atom stereocenters. The summed E-state index contributed by atoms with van der Waals surface area (Å²) in [6.07, 6.45) is 0.812. The van der Waals surface area contributed by atoms with Crippen molar-refractivity contribution in [2.24, 2.45) is 0 Å². The maximum atomic E-state index is 13.4. The van der Waals surface area contributed by atoms with Gasteiger partial charge in [0.15, 0.2) is 0 Å². The maximum absolute atomic E-state index is 13.4.